The molecule has 1 heterocycles. The third-order valence-corrected chi connectivity index (χ3v) is 2.60. The van der Waals surface area contributed by atoms with Crippen molar-refractivity contribution in [2.24, 2.45) is 19.8 Å². The molecule has 0 bridgehead atoms. The molecule has 0 aromatic carbocycles. The molecule has 1 unspecified atom stereocenters. The quantitative estimate of drug-likeness (QED) is 0.519. The number of rotatable bonds is 5. The molecule has 0 aliphatic carbocycles. The summed E-state index contributed by atoms with van der Waals surface area (Å²) in [5.74, 6) is -0.833. The SMILES string of the molecule is Cn1c(CNCC(O)C(N)=O)cc(=O)n(C)c1=O. The standard InChI is InChI=1S/C10H16N4O4/c1-13-6(3-8(16)14(2)10(13)18)4-12-5-7(15)9(11)17/h3,7,12,15H,4-5H2,1-2H3,(H2,11,17). The van der Waals surface area contributed by atoms with Gasteiger partial charge in [0.05, 0.1) is 0 Å². The normalized spacial score (nSPS) is 12.4. The number of primary amides is 1. The lowest BCUT2D eigenvalue weighted by Gasteiger charge is -2.11. The molecule has 0 spiro atoms. The number of hydrogen-bond acceptors (Lipinski definition) is 5. The number of aliphatic hydroxyl groups is 1. The van der Waals surface area contributed by atoms with Gasteiger partial charge in [-0.1, -0.05) is 0 Å². The third-order valence-electron chi connectivity index (χ3n) is 2.60. The molecule has 1 rings (SSSR count). The van der Waals surface area contributed by atoms with Crippen molar-refractivity contribution in [3.63, 3.8) is 0 Å². The van der Waals surface area contributed by atoms with E-state index < -0.39 is 23.3 Å². The predicted octanol–water partition coefficient (Wildman–Crippen LogP) is -2.98. The van der Waals surface area contributed by atoms with E-state index in [-0.39, 0.29) is 13.1 Å². The Balaban J connectivity index is 2.78. The second kappa shape index (κ2) is 5.61. The van der Waals surface area contributed by atoms with Crippen molar-refractivity contribution in [2.45, 2.75) is 12.6 Å². The monoisotopic (exact) mass is 256 g/mol. The summed E-state index contributed by atoms with van der Waals surface area (Å²) in [5.41, 5.74) is 4.49. The van der Waals surface area contributed by atoms with E-state index in [1.54, 1.807) is 0 Å². The average molecular weight is 256 g/mol. The number of nitrogens with zero attached hydrogens (tertiary/aromatic N) is 2. The van der Waals surface area contributed by atoms with E-state index in [1.165, 1.54) is 24.7 Å². The molecule has 0 aliphatic heterocycles. The Morgan fingerprint density at radius 1 is 1.44 bits per heavy atom. The van der Waals surface area contributed by atoms with Crippen molar-refractivity contribution < 1.29 is 9.90 Å². The first-order valence-electron chi connectivity index (χ1n) is 5.28. The molecule has 0 aliphatic rings. The maximum absolute atomic E-state index is 11.6. The highest BCUT2D eigenvalue weighted by Crippen LogP contribution is 1.90. The zero-order valence-corrected chi connectivity index (χ0v) is 10.2. The van der Waals surface area contributed by atoms with E-state index >= 15 is 0 Å². The first-order chi connectivity index (χ1) is 8.34. The number of carbonyl (C=O) groups excluding carboxylic acids is 1. The van der Waals surface area contributed by atoms with Crippen LogP contribution >= 0.6 is 0 Å². The predicted molar refractivity (Wildman–Crippen MR) is 63.8 cm³/mol. The fraction of sp³-hybridized carbons (Fsp3) is 0.500. The highest BCUT2D eigenvalue weighted by atomic mass is 16.3. The number of nitrogens with one attached hydrogen (secondary N) is 1. The number of carbonyl (C=O) groups is 1. The lowest BCUT2D eigenvalue weighted by Crippen LogP contribution is -2.41. The minimum Gasteiger partial charge on any atom is -0.382 e. The summed E-state index contributed by atoms with van der Waals surface area (Å²) < 4.78 is 2.30. The highest BCUT2D eigenvalue weighted by Gasteiger charge is 2.11. The van der Waals surface area contributed by atoms with Crippen LogP contribution in [0.3, 0.4) is 0 Å². The summed E-state index contributed by atoms with van der Waals surface area (Å²) in [7, 11) is 2.92. The first kappa shape index (κ1) is 14.1. The van der Waals surface area contributed by atoms with Crippen LogP contribution in [0.5, 0.6) is 0 Å². The zero-order valence-electron chi connectivity index (χ0n) is 10.2. The molecule has 0 radical (unpaired) electrons. The van der Waals surface area contributed by atoms with Gasteiger partial charge in [0, 0.05) is 38.9 Å². The van der Waals surface area contributed by atoms with E-state index in [0.29, 0.717) is 5.69 Å². The van der Waals surface area contributed by atoms with Gasteiger partial charge in [0.1, 0.15) is 6.10 Å². The molecule has 8 nitrogen and oxygen atoms in total. The van der Waals surface area contributed by atoms with Crippen LogP contribution in [0.25, 0.3) is 0 Å². The van der Waals surface area contributed by atoms with E-state index in [4.69, 9.17) is 10.8 Å². The smallest absolute Gasteiger partial charge is 0.330 e. The summed E-state index contributed by atoms with van der Waals surface area (Å²) in [6.07, 6.45) is -1.30. The largest absolute Gasteiger partial charge is 0.382 e. The summed E-state index contributed by atoms with van der Waals surface area (Å²) in [6.45, 7) is 0.130. The molecule has 18 heavy (non-hydrogen) atoms. The summed E-state index contributed by atoms with van der Waals surface area (Å²) >= 11 is 0. The average Bonchev–Trinajstić information content (AvgIpc) is 2.32. The molecule has 0 saturated carbocycles. The Kier molecular flexibility index (Phi) is 4.40. The zero-order chi connectivity index (χ0) is 13.9. The van der Waals surface area contributed by atoms with Crippen LogP contribution in [0.1, 0.15) is 5.69 Å². The van der Waals surface area contributed by atoms with Gasteiger partial charge in [-0.2, -0.15) is 0 Å². The Morgan fingerprint density at radius 3 is 2.61 bits per heavy atom. The summed E-state index contributed by atoms with van der Waals surface area (Å²) in [4.78, 5) is 33.6. The molecule has 1 amide bonds. The van der Waals surface area contributed by atoms with Gasteiger partial charge in [0.2, 0.25) is 5.91 Å². The van der Waals surface area contributed by atoms with Gasteiger partial charge < -0.3 is 16.2 Å². The highest BCUT2D eigenvalue weighted by molar-refractivity contribution is 5.78. The van der Waals surface area contributed by atoms with Gasteiger partial charge in [-0.25, -0.2) is 4.79 Å². The Hall–Kier alpha value is -1.93. The molecule has 8 heteroatoms. The number of amides is 1. The van der Waals surface area contributed by atoms with Crippen molar-refractivity contribution >= 4 is 5.91 Å². The fourth-order valence-corrected chi connectivity index (χ4v) is 1.39. The van der Waals surface area contributed by atoms with Crippen LogP contribution in [0.2, 0.25) is 0 Å². The topological polar surface area (TPSA) is 119 Å². The first-order valence-corrected chi connectivity index (χ1v) is 5.28. The minimum absolute atomic E-state index is 0.0429. The van der Waals surface area contributed by atoms with Crippen LogP contribution in [0.15, 0.2) is 15.7 Å². The van der Waals surface area contributed by atoms with E-state index in [1.807, 2.05) is 0 Å². The molecular formula is C10H16N4O4. The van der Waals surface area contributed by atoms with Crippen molar-refractivity contribution in [1.29, 1.82) is 0 Å². The second-order valence-electron chi connectivity index (χ2n) is 3.92. The van der Waals surface area contributed by atoms with Crippen molar-refractivity contribution in [2.75, 3.05) is 6.54 Å². The fourth-order valence-electron chi connectivity index (χ4n) is 1.39. The summed E-state index contributed by atoms with van der Waals surface area (Å²) in [5, 5.41) is 11.9. The van der Waals surface area contributed by atoms with E-state index in [9.17, 15) is 14.4 Å². The van der Waals surface area contributed by atoms with Crippen LogP contribution in [-0.4, -0.2) is 32.8 Å². The maximum atomic E-state index is 11.6. The van der Waals surface area contributed by atoms with E-state index in [2.05, 4.69) is 5.32 Å². The molecule has 1 aromatic rings. The molecule has 1 aromatic heterocycles. The van der Waals surface area contributed by atoms with Gasteiger partial charge in [-0.15, -0.1) is 0 Å². The van der Waals surface area contributed by atoms with Crippen LogP contribution in [-0.2, 0) is 25.4 Å². The van der Waals surface area contributed by atoms with Crippen LogP contribution in [0, 0.1) is 0 Å². The van der Waals surface area contributed by atoms with Crippen LogP contribution < -0.4 is 22.3 Å². The third kappa shape index (κ3) is 3.05. The van der Waals surface area contributed by atoms with Gasteiger partial charge in [0.25, 0.3) is 5.56 Å². The minimum atomic E-state index is -1.30. The number of hydrogen-bond donors (Lipinski definition) is 3. The molecular weight excluding hydrogens is 240 g/mol. The lowest BCUT2D eigenvalue weighted by atomic mass is 10.3. The van der Waals surface area contributed by atoms with Crippen LogP contribution in [0.4, 0.5) is 0 Å². The Bertz CT molecular complexity index is 560. The molecule has 0 saturated heterocycles. The Labute approximate surface area is 103 Å². The van der Waals surface area contributed by atoms with Crippen molar-refractivity contribution in [3.05, 3.63) is 32.6 Å². The number of nitrogens with two attached hydrogens (primary N) is 1. The van der Waals surface area contributed by atoms with E-state index in [0.717, 1.165) is 4.57 Å². The van der Waals surface area contributed by atoms with Crippen molar-refractivity contribution in [3.8, 4) is 0 Å². The van der Waals surface area contributed by atoms with Gasteiger partial charge in [0.15, 0.2) is 0 Å². The molecule has 100 valence electrons. The number of aromatic nitrogens is 2. The molecule has 1 atom stereocenters. The maximum Gasteiger partial charge on any atom is 0.330 e. The van der Waals surface area contributed by atoms with Gasteiger partial charge in [-0.3, -0.25) is 18.7 Å². The molecule has 4 N–H and O–H groups in total. The van der Waals surface area contributed by atoms with Gasteiger partial charge >= 0.3 is 5.69 Å². The molecule has 0 fully saturated rings. The van der Waals surface area contributed by atoms with Crippen molar-refractivity contribution in [1.82, 2.24) is 14.5 Å². The lowest BCUT2D eigenvalue weighted by molar-refractivity contribution is -0.125. The Morgan fingerprint density at radius 2 is 2.06 bits per heavy atom. The summed E-state index contributed by atoms with van der Waals surface area (Å²) in [6, 6.07) is 1.31. The van der Waals surface area contributed by atoms with Gasteiger partial charge in [-0.05, 0) is 0 Å². The second-order valence-corrected chi connectivity index (χ2v) is 3.92. The number of aliphatic hydroxyl groups excluding tert-OH is 1.